The van der Waals surface area contributed by atoms with E-state index in [-0.39, 0.29) is 30.4 Å². The molecule has 30 heavy (non-hydrogen) atoms. The normalized spacial score (nSPS) is 12.4. The summed E-state index contributed by atoms with van der Waals surface area (Å²) in [5.41, 5.74) is 0.697. The van der Waals surface area contributed by atoms with Gasteiger partial charge in [-0.15, -0.1) is 0 Å². The third kappa shape index (κ3) is 3.35. The van der Waals surface area contributed by atoms with Gasteiger partial charge in [0.15, 0.2) is 11.2 Å². The van der Waals surface area contributed by atoms with Gasteiger partial charge >= 0.3 is 5.69 Å². The number of aromatic nitrogens is 4. The van der Waals surface area contributed by atoms with E-state index in [2.05, 4.69) is 4.98 Å². The fourth-order valence-corrected chi connectivity index (χ4v) is 3.56. The van der Waals surface area contributed by atoms with Gasteiger partial charge in [0.05, 0.1) is 31.2 Å². The van der Waals surface area contributed by atoms with E-state index in [4.69, 9.17) is 4.74 Å². The number of imidazole rings is 1. The van der Waals surface area contributed by atoms with Gasteiger partial charge in [-0.25, -0.2) is 18.7 Å². The minimum Gasteiger partial charge on any atom is -0.383 e. The fourth-order valence-electron chi connectivity index (χ4n) is 3.56. The van der Waals surface area contributed by atoms with Crippen LogP contribution in [-0.4, -0.2) is 32.4 Å². The predicted molar refractivity (Wildman–Crippen MR) is 112 cm³/mol. The number of rotatable bonds is 6. The molecular weight excluding hydrogens is 387 g/mol. The Morgan fingerprint density at radius 2 is 1.87 bits per heavy atom. The van der Waals surface area contributed by atoms with Crippen LogP contribution in [0.4, 0.5) is 4.39 Å². The average Bonchev–Trinajstić information content (AvgIpc) is 3.19. The van der Waals surface area contributed by atoms with Gasteiger partial charge in [0.25, 0.3) is 5.56 Å². The molecule has 0 saturated heterocycles. The van der Waals surface area contributed by atoms with Crippen molar-refractivity contribution in [3.63, 3.8) is 0 Å². The highest BCUT2D eigenvalue weighted by Gasteiger charge is 2.22. The summed E-state index contributed by atoms with van der Waals surface area (Å²) in [6, 6.07) is 15.1. The molecular formula is C22H21FN4O3. The zero-order valence-corrected chi connectivity index (χ0v) is 16.7. The molecule has 0 spiro atoms. The van der Waals surface area contributed by atoms with Crippen LogP contribution < -0.4 is 11.2 Å². The van der Waals surface area contributed by atoms with Crippen LogP contribution in [0.5, 0.6) is 0 Å². The fraction of sp³-hybridized carbons (Fsp3) is 0.227. The lowest BCUT2D eigenvalue weighted by molar-refractivity contribution is 0.184. The van der Waals surface area contributed by atoms with Crippen LogP contribution in [0.25, 0.3) is 16.9 Å². The van der Waals surface area contributed by atoms with Gasteiger partial charge in [0, 0.05) is 7.11 Å². The first kappa shape index (κ1) is 19.8. The summed E-state index contributed by atoms with van der Waals surface area (Å²) in [6.45, 7) is 2.21. The van der Waals surface area contributed by atoms with E-state index >= 15 is 0 Å². The first-order valence-corrected chi connectivity index (χ1v) is 9.55. The largest absolute Gasteiger partial charge is 0.383 e. The van der Waals surface area contributed by atoms with Crippen molar-refractivity contribution in [2.24, 2.45) is 0 Å². The third-order valence-electron chi connectivity index (χ3n) is 5.14. The van der Waals surface area contributed by atoms with E-state index in [9.17, 15) is 14.0 Å². The number of fused-ring (bicyclic) bond motifs is 1. The van der Waals surface area contributed by atoms with Crippen molar-refractivity contribution >= 4 is 11.2 Å². The number of nitrogens with zero attached hydrogens (tertiary/aromatic N) is 4. The van der Waals surface area contributed by atoms with Gasteiger partial charge in [0.2, 0.25) is 0 Å². The van der Waals surface area contributed by atoms with E-state index in [0.717, 1.165) is 10.1 Å². The number of hydrogen-bond donors (Lipinski definition) is 0. The molecule has 4 aromatic rings. The molecule has 0 aliphatic heterocycles. The topological polar surface area (TPSA) is 71.1 Å². The molecule has 0 aliphatic carbocycles. The van der Waals surface area contributed by atoms with Crippen molar-refractivity contribution in [1.29, 1.82) is 0 Å². The maximum Gasteiger partial charge on any atom is 0.337 e. The van der Waals surface area contributed by atoms with Gasteiger partial charge in [-0.3, -0.25) is 9.36 Å². The second-order valence-electron chi connectivity index (χ2n) is 6.96. The average molecular weight is 408 g/mol. The molecule has 0 saturated carbocycles. The van der Waals surface area contributed by atoms with E-state index in [0.29, 0.717) is 5.69 Å². The first-order valence-electron chi connectivity index (χ1n) is 9.55. The minimum atomic E-state index is -0.590. The van der Waals surface area contributed by atoms with Crippen molar-refractivity contribution in [3.05, 3.63) is 93.1 Å². The van der Waals surface area contributed by atoms with E-state index < -0.39 is 17.1 Å². The maximum atomic E-state index is 13.9. The second-order valence-corrected chi connectivity index (χ2v) is 6.96. The quantitative estimate of drug-likeness (QED) is 0.492. The molecule has 8 heteroatoms. The number of benzene rings is 2. The second kappa shape index (κ2) is 8.08. The third-order valence-corrected chi connectivity index (χ3v) is 5.14. The Bertz CT molecular complexity index is 1310. The number of ether oxygens (including phenoxy) is 1. The summed E-state index contributed by atoms with van der Waals surface area (Å²) >= 11 is 0. The molecule has 2 aromatic carbocycles. The highest BCUT2D eigenvalue weighted by atomic mass is 19.1. The Morgan fingerprint density at radius 3 is 2.57 bits per heavy atom. The monoisotopic (exact) mass is 408 g/mol. The molecule has 154 valence electrons. The molecule has 0 fully saturated rings. The number of methoxy groups -OCH3 is 1. The van der Waals surface area contributed by atoms with Crippen LogP contribution >= 0.6 is 0 Å². The summed E-state index contributed by atoms with van der Waals surface area (Å²) < 4.78 is 23.1. The van der Waals surface area contributed by atoms with E-state index in [1.807, 2.05) is 37.3 Å². The Labute approximate surface area is 171 Å². The highest BCUT2D eigenvalue weighted by Crippen LogP contribution is 2.22. The molecule has 4 rings (SSSR count). The van der Waals surface area contributed by atoms with Gasteiger partial charge in [-0.05, 0) is 30.7 Å². The Kier molecular flexibility index (Phi) is 5.33. The smallest absolute Gasteiger partial charge is 0.337 e. The number of hydrogen-bond acceptors (Lipinski definition) is 4. The summed E-state index contributed by atoms with van der Waals surface area (Å²) in [4.78, 5) is 30.8. The van der Waals surface area contributed by atoms with Crippen molar-refractivity contribution in [2.75, 3.05) is 13.7 Å². The van der Waals surface area contributed by atoms with Crippen LogP contribution in [0.3, 0.4) is 0 Å². The molecule has 0 bridgehead atoms. The predicted octanol–water partition coefficient (Wildman–Crippen LogP) is 2.74. The zero-order chi connectivity index (χ0) is 21.3. The molecule has 1 atom stereocenters. The van der Waals surface area contributed by atoms with Crippen molar-refractivity contribution in [1.82, 2.24) is 18.7 Å². The lowest BCUT2D eigenvalue weighted by Gasteiger charge is -2.16. The lowest BCUT2D eigenvalue weighted by atomic mass is 10.1. The Balaban J connectivity index is 2.03. The van der Waals surface area contributed by atoms with Gasteiger partial charge < -0.3 is 9.30 Å². The molecule has 0 amide bonds. The van der Waals surface area contributed by atoms with Crippen LogP contribution in [0.2, 0.25) is 0 Å². The van der Waals surface area contributed by atoms with Crippen LogP contribution in [0, 0.1) is 5.82 Å². The van der Waals surface area contributed by atoms with Crippen LogP contribution in [0.1, 0.15) is 18.5 Å². The van der Waals surface area contributed by atoms with E-state index in [1.54, 1.807) is 17.0 Å². The number of halogens is 1. The van der Waals surface area contributed by atoms with Crippen molar-refractivity contribution in [2.45, 2.75) is 19.5 Å². The summed E-state index contributed by atoms with van der Waals surface area (Å²) in [6.07, 6.45) is 1.54. The summed E-state index contributed by atoms with van der Waals surface area (Å²) in [7, 11) is 1.50. The van der Waals surface area contributed by atoms with Gasteiger partial charge in [-0.1, -0.05) is 36.4 Å². The summed E-state index contributed by atoms with van der Waals surface area (Å²) in [5, 5.41) is 0. The van der Waals surface area contributed by atoms with Gasteiger partial charge in [-0.2, -0.15) is 0 Å². The minimum absolute atomic E-state index is 0.0737. The molecule has 0 radical (unpaired) electrons. The molecule has 2 aromatic heterocycles. The molecule has 0 aliphatic rings. The molecule has 7 nitrogen and oxygen atoms in total. The zero-order valence-electron chi connectivity index (χ0n) is 16.7. The molecule has 0 N–H and O–H groups in total. The summed E-state index contributed by atoms with van der Waals surface area (Å²) in [5.74, 6) is -0.487. The van der Waals surface area contributed by atoms with Crippen LogP contribution in [0.15, 0.2) is 70.5 Å². The lowest BCUT2D eigenvalue weighted by Crippen LogP contribution is -2.41. The SMILES string of the molecule is COCCn1c(=O)c2c(ncn2[C@@H](C)c2ccccc2)n(-c2cccc(F)c2)c1=O. The van der Waals surface area contributed by atoms with Crippen LogP contribution in [-0.2, 0) is 11.3 Å². The van der Waals surface area contributed by atoms with E-state index in [1.165, 1.54) is 29.9 Å². The molecule has 2 heterocycles. The Hall–Kier alpha value is -3.52. The van der Waals surface area contributed by atoms with Crippen molar-refractivity contribution in [3.8, 4) is 5.69 Å². The van der Waals surface area contributed by atoms with Crippen molar-refractivity contribution < 1.29 is 9.13 Å². The standard InChI is InChI=1S/C22H21FN4O3/c1-15(16-7-4-3-5-8-16)26-14-24-20-19(26)21(28)25(11-12-30-2)22(29)27(20)18-10-6-9-17(23)13-18/h3-10,13-15H,11-12H2,1-2H3/t15-/m0/s1. The first-order chi connectivity index (χ1) is 14.5. The highest BCUT2D eigenvalue weighted by molar-refractivity contribution is 5.72. The molecule has 0 unspecified atom stereocenters. The Morgan fingerprint density at radius 1 is 1.10 bits per heavy atom. The maximum absolute atomic E-state index is 13.9. The van der Waals surface area contributed by atoms with Gasteiger partial charge in [0.1, 0.15) is 5.82 Å².